The van der Waals surface area contributed by atoms with Crippen LogP contribution in [0.1, 0.15) is 12.5 Å². The third-order valence-corrected chi connectivity index (χ3v) is 4.29. The molecule has 7 heteroatoms. The SMILES string of the molecule is CCNC(=O)C1COCCN1c1ncc(N)c(C)c1Br. The van der Waals surface area contributed by atoms with Crippen LogP contribution in [0.3, 0.4) is 0 Å². The molecule has 20 heavy (non-hydrogen) atoms. The first-order valence-electron chi connectivity index (χ1n) is 6.59. The molecule has 1 amide bonds. The summed E-state index contributed by atoms with van der Waals surface area (Å²) in [6, 6.07) is -0.365. The number of carbonyl (C=O) groups is 1. The summed E-state index contributed by atoms with van der Waals surface area (Å²) < 4.78 is 6.25. The number of hydrogen-bond acceptors (Lipinski definition) is 5. The van der Waals surface area contributed by atoms with E-state index in [0.29, 0.717) is 32.0 Å². The van der Waals surface area contributed by atoms with Crippen molar-refractivity contribution in [3.8, 4) is 0 Å². The summed E-state index contributed by atoms with van der Waals surface area (Å²) in [4.78, 5) is 18.5. The van der Waals surface area contributed by atoms with Crippen molar-refractivity contribution in [3.05, 3.63) is 16.2 Å². The quantitative estimate of drug-likeness (QED) is 0.858. The number of nitrogen functional groups attached to an aromatic ring is 1. The number of morpholine rings is 1. The Balaban J connectivity index is 2.33. The lowest BCUT2D eigenvalue weighted by Gasteiger charge is -2.36. The fourth-order valence-corrected chi connectivity index (χ4v) is 2.70. The molecule has 110 valence electrons. The van der Waals surface area contributed by atoms with E-state index in [2.05, 4.69) is 26.2 Å². The van der Waals surface area contributed by atoms with E-state index >= 15 is 0 Å². The lowest BCUT2D eigenvalue weighted by atomic mass is 10.2. The van der Waals surface area contributed by atoms with Gasteiger partial charge in [-0.2, -0.15) is 0 Å². The van der Waals surface area contributed by atoms with Gasteiger partial charge in [0.05, 0.1) is 29.6 Å². The Kier molecular flexibility index (Phi) is 4.82. The van der Waals surface area contributed by atoms with Crippen LogP contribution in [0.5, 0.6) is 0 Å². The predicted octanol–water partition coefficient (Wildman–Crippen LogP) is 1.08. The number of nitrogens with one attached hydrogen (secondary N) is 1. The van der Waals surface area contributed by atoms with Crippen LogP contribution in [0.2, 0.25) is 0 Å². The van der Waals surface area contributed by atoms with E-state index in [0.717, 1.165) is 15.9 Å². The Hall–Kier alpha value is -1.34. The number of amides is 1. The van der Waals surface area contributed by atoms with Gasteiger partial charge in [-0.15, -0.1) is 0 Å². The third-order valence-electron chi connectivity index (χ3n) is 3.34. The molecule has 0 spiro atoms. The number of nitrogens with zero attached hydrogens (tertiary/aromatic N) is 2. The third kappa shape index (κ3) is 2.88. The van der Waals surface area contributed by atoms with Crippen molar-refractivity contribution < 1.29 is 9.53 Å². The first-order chi connectivity index (χ1) is 9.56. The van der Waals surface area contributed by atoms with Gasteiger partial charge in [0, 0.05) is 13.1 Å². The second-order valence-corrected chi connectivity index (χ2v) is 5.45. The molecular weight excluding hydrogens is 324 g/mol. The number of aromatic nitrogens is 1. The van der Waals surface area contributed by atoms with Crippen LogP contribution in [0.15, 0.2) is 10.7 Å². The van der Waals surface area contributed by atoms with Crippen LogP contribution in [-0.4, -0.2) is 43.2 Å². The van der Waals surface area contributed by atoms with Crippen molar-refractivity contribution in [1.29, 1.82) is 0 Å². The number of rotatable bonds is 3. The van der Waals surface area contributed by atoms with Crippen molar-refractivity contribution in [2.24, 2.45) is 0 Å². The van der Waals surface area contributed by atoms with Gasteiger partial charge in [0.2, 0.25) is 5.91 Å². The standard InChI is InChI=1S/C13H19BrN4O2/c1-3-16-13(19)10-7-20-5-4-18(10)12-11(14)8(2)9(15)6-17-12/h6,10H,3-5,7,15H2,1-2H3,(H,16,19). The zero-order valence-corrected chi connectivity index (χ0v) is 13.2. The highest BCUT2D eigenvalue weighted by Crippen LogP contribution is 2.32. The highest BCUT2D eigenvalue weighted by atomic mass is 79.9. The molecule has 0 aromatic carbocycles. The summed E-state index contributed by atoms with van der Waals surface area (Å²) in [5.74, 6) is 0.687. The summed E-state index contributed by atoms with van der Waals surface area (Å²) >= 11 is 3.53. The maximum Gasteiger partial charge on any atom is 0.245 e. The Bertz CT molecular complexity index is 509. The number of hydrogen-bond donors (Lipinski definition) is 2. The molecule has 1 fully saturated rings. The normalized spacial score (nSPS) is 18.9. The molecule has 3 N–H and O–H groups in total. The van der Waals surface area contributed by atoms with Crippen molar-refractivity contribution >= 4 is 33.3 Å². The van der Waals surface area contributed by atoms with Crippen molar-refractivity contribution in [1.82, 2.24) is 10.3 Å². The number of ether oxygens (including phenoxy) is 1. The van der Waals surface area contributed by atoms with Crippen LogP contribution in [-0.2, 0) is 9.53 Å². The van der Waals surface area contributed by atoms with Gasteiger partial charge in [-0.1, -0.05) is 0 Å². The van der Waals surface area contributed by atoms with Gasteiger partial charge in [0.1, 0.15) is 11.9 Å². The molecule has 0 saturated carbocycles. The zero-order valence-electron chi connectivity index (χ0n) is 11.6. The van der Waals surface area contributed by atoms with Crippen molar-refractivity contribution in [3.63, 3.8) is 0 Å². The molecule has 1 saturated heterocycles. The number of carbonyl (C=O) groups excluding carboxylic acids is 1. The largest absolute Gasteiger partial charge is 0.397 e. The second kappa shape index (κ2) is 6.41. The van der Waals surface area contributed by atoms with Crippen LogP contribution >= 0.6 is 15.9 Å². The lowest BCUT2D eigenvalue weighted by Crippen LogP contribution is -2.54. The molecule has 1 aliphatic heterocycles. The molecule has 0 aliphatic carbocycles. The number of halogens is 1. The average Bonchev–Trinajstić information content (AvgIpc) is 2.45. The summed E-state index contributed by atoms with van der Waals surface area (Å²) in [6.45, 7) is 5.98. The molecule has 2 heterocycles. The Morgan fingerprint density at radius 3 is 3.15 bits per heavy atom. The maximum absolute atomic E-state index is 12.1. The number of pyridine rings is 1. The number of anilines is 2. The molecule has 0 bridgehead atoms. The zero-order chi connectivity index (χ0) is 14.7. The van der Waals surface area contributed by atoms with Crippen LogP contribution in [0.4, 0.5) is 11.5 Å². The molecule has 1 aromatic rings. The van der Waals surface area contributed by atoms with Gasteiger partial charge in [-0.3, -0.25) is 4.79 Å². The van der Waals surface area contributed by atoms with Gasteiger partial charge in [-0.05, 0) is 35.3 Å². The lowest BCUT2D eigenvalue weighted by molar-refractivity contribution is -0.124. The Morgan fingerprint density at radius 2 is 2.45 bits per heavy atom. The van der Waals surface area contributed by atoms with Gasteiger partial charge in [0.25, 0.3) is 0 Å². The predicted molar refractivity (Wildman–Crippen MR) is 81.7 cm³/mol. The molecule has 1 unspecified atom stereocenters. The van der Waals surface area contributed by atoms with Crippen LogP contribution < -0.4 is 16.0 Å². The fraction of sp³-hybridized carbons (Fsp3) is 0.538. The van der Waals surface area contributed by atoms with Crippen LogP contribution in [0, 0.1) is 6.92 Å². The van der Waals surface area contributed by atoms with Crippen LogP contribution in [0.25, 0.3) is 0 Å². The average molecular weight is 343 g/mol. The molecule has 2 rings (SSSR count). The topological polar surface area (TPSA) is 80.5 Å². The van der Waals surface area contributed by atoms with E-state index in [1.165, 1.54) is 0 Å². The van der Waals surface area contributed by atoms with E-state index in [1.54, 1.807) is 6.20 Å². The summed E-state index contributed by atoms with van der Waals surface area (Å²) in [5.41, 5.74) is 7.40. The Labute approximate surface area is 126 Å². The van der Waals surface area contributed by atoms with Gasteiger partial charge < -0.3 is 20.7 Å². The minimum absolute atomic E-state index is 0.0459. The van der Waals surface area contributed by atoms with Crippen molar-refractivity contribution in [2.75, 3.05) is 36.9 Å². The molecule has 0 radical (unpaired) electrons. The first kappa shape index (κ1) is 15.1. The smallest absolute Gasteiger partial charge is 0.245 e. The van der Waals surface area contributed by atoms with E-state index in [1.807, 2.05) is 18.7 Å². The molecule has 1 aromatic heterocycles. The fourth-order valence-electron chi connectivity index (χ4n) is 2.15. The summed E-state index contributed by atoms with van der Waals surface area (Å²) in [6.07, 6.45) is 1.62. The maximum atomic E-state index is 12.1. The van der Waals surface area contributed by atoms with Gasteiger partial charge in [0.15, 0.2) is 0 Å². The summed E-state index contributed by atoms with van der Waals surface area (Å²) in [7, 11) is 0. The highest BCUT2D eigenvalue weighted by Gasteiger charge is 2.31. The first-order valence-corrected chi connectivity index (χ1v) is 7.38. The summed E-state index contributed by atoms with van der Waals surface area (Å²) in [5, 5.41) is 2.83. The minimum atomic E-state index is -0.365. The van der Waals surface area contributed by atoms with Gasteiger partial charge in [-0.25, -0.2) is 4.98 Å². The van der Waals surface area contributed by atoms with Gasteiger partial charge >= 0.3 is 0 Å². The number of likely N-dealkylation sites (N-methyl/N-ethyl adjacent to an activating group) is 1. The van der Waals surface area contributed by atoms with E-state index in [9.17, 15) is 4.79 Å². The van der Waals surface area contributed by atoms with E-state index in [-0.39, 0.29) is 11.9 Å². The van der Waals surface area contributed by atoms with E-state index < -0.39 is 0 Å². The second-order valence-electron chi connectivity index (χ2n) is 4.65. The highest BCUT2D eigenvalue weighted by molar-refractivity contribution is 9.10. The molecular formula is C13H19BrN4O2. The number of nitrogens with two attached hydrogens (primary N) is 1. The Morgan fingerprint density at radius 1 is 1.70 bits per heavy atom. The van der Waals surface area contributed by atoms with E-state index in [4.69, 9.17) is 10.5 Å². The molecule has 1 atom stereocenters. The molecule has 1 aliphatic rings. The monoisotopic (exact) mass is 342 g/mol. The molecule has 6 nitrogen and oxygen atoms in total. The van der Waals surface area contributed by atoms with Crippen molar-refractivity contribution in [2.45, 2.75) is 19.9 Å². The minimum Gasteiger partial charge on any atom is -0.397 e.